The van der Waals surface area contributed by atoms with Crippen molar-refractivity contribution in [2.24, 2.45) is 11.8 Å². The van der Waals surface area contributed by atoms with Gasteiger partial charge in [-0.05, 0) is 36.8 Å². The molecule has 3 nitrogen and oxygen atoms in total. The first kappa shape index (κ1) is 15.2. The monoisotopic (exact) mass is 284 g/mol. The Hall–Kier alpha value is -1.20. The van der Waals surface area contributed by atoms with Gasteiger partial charge in [-0.15, -0.1) is 0 Å². The van der Waals surface area contributed by atoms with Crippen molar-refractivity contribution in [3.8, 4) is 5.75 Å². The van der Waals surface area contributed by atoms with Crippen LogP contribution in [-0.4, -0.2) is 19.1 Å². The topological polar surface area (TPSA) is 47.3 Å². The summed E-state index contributed by atoms with van der Waals surface area (Å²) in [6.45, 7) is 0. The van der Waals surface area contributed by atoms with Gasteiger partial charge in [0.25, 0.3) is 0 Å². The number of hydrogen-bond donors (Lipinski definition) is 2. The quantitative estimate of drug-likeness (QED) is 0.624. The molecule has 0 aromatic heterocycles. The molecule has 1 aliphatic rings. The van der Waals surface area contributed by atoms with Crippen molar-refractivity contribution >= 4 is 0 Å². The summed E-state index contributed by atoms with van der Waals surface area (Å²) in [6.07, 6.45) is 1.92. The molecule has 1 aliphatic carbocycles. The molecule has 5 heteroatoms. The van der Waals surface area contributed by atoms with E-state index in [-0.39, 0.29) is 24.8 Å². The number of ether oxygens (including phenoxy) is 1. The molecule has 2 unspecified atom stereocenters. The van der Waals surface area contributed by atoms with Crippen molar-refractivity contribution in [2.75, 3.05) is 7.11 Å². The highest BCUT2D eigenvalue weighted by molar-refractivity contribution is 5.33. The Kier molecular flexibility index (Phi) is 4.94. The van der Waals surface area contributed by atoms with Crippen molar-refractivity contribution in [3.05, 3.63) is 29.8 Å². The van der Waals surface area contributed by atoms with E-state index in [4.69, 9.17) is 10.6 Å². The van der Waals surface area contributed by atoms with E-state index in [9.17, 15) is 8.78 Å². The van der Waals surface area contributed by atoms with Gasteiger partial charge in [-0.1, -0.05) is 18.2 Å². The van der Waals surface area contributed by atoms with Crippen LogP contribution in [0.1, 0.15) is 31.2 Å². The Balaban J connectivity index is 1.95. The molecule has 0 radical (unpaired) electrons. The van der Waals surface area contributed by atoms with Crippen molar-refractivity contribution in [2.45, 2.75) is 44.1 Å². The summed E-state index contributed by atoms with van der Waals surface area (Å²) in [6, 6.07) is 7.71. The van der Waals surface area contributed by atoms with E-state index in [0.717, 1.165) is 11.3 Å². The summed E-state index contributed by atoms with van der Waals surface area (Å²) < 4.78 is 31.8. The van der Waals surface area contributed by atoms with Gasteiger partial charge < -0.3 is 4.74 Å². The maximum absolute atomic E-state index is 13.2. The number of hydrogen-bond acceptors (Lipinski definition) is 3. The van der Waals surface area contributed by atoms with Crippen LogP contribution in [-0.2, 0) is 6.42 Å². The lowest BCUT2D eigenvalue weighted by molar-refractivity contribution is 0.00432. The Morgan fingerprint density at radius 3 is 2.80 bits per heavy atom. The SMILES string of the molecule is COc1ccccc1CC(CC1CCC(F)(F)C1)NN. The molecule has 1 aromatic carbocycles. The van der Waals surface area contributed by atoms with Crippen LogP contribution >= 0.6 is 0 Å². The molecule has 0 saturated heterocycles. The molecule has 0 heterocycles. The van der Waals surface area contributed by atoms with Crippen molar-refractivity contribution in [1.29, 1.82) is 0 Å². The molecule has 1 fully saturated rings. The van der Waals surface area contributed by atoms with Crippen LogP contribution in [0.25, 0.3) is 0 Å². The van der Waals surface area contributed by atoms with E-state index in [1.165, 1.54) is 0 Å². The number of alkyl halides is 2. The minimum Gasteiger partial charge on any atom is -0.496 e. The molecule has 0 aliphatic heterocycles. The van der Waals surface area contributed by atoms with Gasteiger partial charge in [-0.3, -0.25) is 11.3 Å². The highest BCUT2D eigenvalue weighted by atomic mass is 19.3. The highest BCUT2D eigenvalue weighted by Crippen LogP contribution is 2.41. The van der Waals surface area contributed by atoms with E-state index >= 15 is 0 Å². The average molecular weight is 284 g/mol. The predicted molar refractivity (Wildman–Crippen MR) is 74.7 cm³/mol. The number of rotatable bonds is 6. The van der Waals surface area contributed by atoms with Crippen molar-refractivity contribution < 1.29 is 13.5 Å². The van der Waals surface area contributed by atoms with Crippen molar-refractivity contribution in [3.63, 3.8) is 0 Å². The average Bonchev–Trinajstić information content (AvgIpc) is 2.77. The normalized spacial score (nSPS) is 22.7. The van der Waals surface area contributed by atoms with E-state index in [2.05, 4.69) is 5.43 Å². The third-order valence-electron chi connectivity index (χ3n) is 4.02. The standard InChI is InChI=1S/C15H22F2N2O/c1-20-14-5-3-2-4-12(14)9-13(19-18)8-11-6-7-15(16,17)10-11/h2-5,11,13,19H,6-10,18H2,1H3. The van der Waals surface area contributed by atoms with Crippen LogP contribution < -0.4 is 16.0 Å². The van der Waals surface area contributed by atoms with Gasteiger partial charge >= 0.3 is 0 Å². The molecule has 1 saturated carbocycles. The first-order chi connectivity index (χ1) is 9.54. The zero-order chi connectivity index (χ0) is 14.6. The van der Waals surface area contributed by atoms with Crippen LogP contribution in [0.2, 0.25) is 0 Å². The van der Waals surface area contributed by atoms with E-state index in [0.29, 0.717) is 19.3 Å². The van der Waals surface area contributed by atoms with Gasteiger partial charge in [0, 0.05) is 18.9 Å². The van der Waals surface area contributed by atoms with Gasteiger partial charge in [0.1, 0.15) is 5.75 Å². The van der Waals surface area contributed by atoms with Gasteiger partial charge in [0.2, 0.25) is 5.92 Å². The predicted octanol–water partition coefficient (Wildman–Crippen LogP) is 2.90. The number of para-hydroxylation sites is 1. The molecule has 0 bridgehead atoms. The van der Waals surface area contributed by atoms with Crippen LogP contribution in [0.15, 0.2) is 24.3 Å². The summed E-state index contributed by atoms with van der Waals surface area (Å²) in [5.41, 5.74) is 3.80. The fourth-order valence-corrected chi connectivity index (χ4v) is 2.99. The first-order valence-corrected chi connectivity index (χ1v) is 7.00. The molecule has 0 amide bonds. The second-order valence-corrected chi connectivity index (χ2v) is 5.58. The fourth-order valence-electron chi connectivity index (χ4n) is 2.99. The lowest BCUT2D eigenvalue weighted by atomic mass is 9.94. The number of benzene rings is 1. The molecule has 3 N–H and O–H groups in total. The zero-order valence-corrected chi connectivity index (χ0v) is 11.7. The van der Waals surface area contributed by atoms with E-state index in [1.807, 2.05) is 24.3 Å². The van der Waals surface area contributed by atoms with Crippen LogP contribution in [0.4, 0.5) is 8.78 Å². The number of hydrazine groups is 1. The lowest BCUT2D eigenvalue weighted by Gasteiger charge is -2.21. The van der Waals surface area contributed by atoms with Crippen LogP contribution in [0.5, 0.6) is 5.75 Å². The van der Waals surface area contributed by atoms with Gasteiger partial charge in [-0.2, -0.15) is 0 Å². The molecule has 2 atom stereocenters. The maximum Gasteiger partial charge on any atom is 0.248 e. The van der Waals surface area contributed by atoms with E-state index < -0.39 is 5.92 Å². The molecule has 20 heavy (non-hydrogen) atoms. The molecular weight excluding hydrogens is 262 g/mol. The molecule has 0 spiro atoms. The number of halogens is 2. The highest BCUT2D eigenvalue weighted by Gasteiger charge is 2.39. The smallest absolute Gasteiger partial charge is 0.248 e. The minimum absolute atomic E-state index is 0.00359. The Bertz CT molecular complexity index is 440. The Labute approximate surface area is 118 Å². The molecule has 112 valence electrons. The zero-order valence-electron chi connectivity index (χ0n) is 11.7. The van der Waals surface area contributed by atoms with E-state index in [1.54, 1.807) is 7.11 Å². The minimum atomic E-state index is -2.49. The third kappa shape index (κ3) is 3.90. The van der Waals surface area contributed by atoms with Crippen LogP contribution in [0.3, 0.4) is 0 Å². The first-order valence-electron chi connectivity index (χ1n) is 7.00. The molecule has 1 aromatic rings. The van der Waals surface area contributed by atoms with Gasteiger partial charge in [-0.25, -0.2) is 8.78 Å². The van der Waals surface area contributed by atoms with Crippen molar-refractivity contribution in [1.82, 2.24) is 5.43 Å². The lowest BCUT2D eigenvalue weighted by Crippen LogP contribution is -2.38. The van der Waals surface area contributed by atoms with Crippen LogP contribution in [0, 0.1) is 5.92 Å². The Morgan fingerprint density at radius 2 is 2.20 bits per heavy atom. The second kappa shape index (κ2) is 6.50. The number of nitrogens with one attached hydrogen (secondary N) is 1. The van der Waals surface area contributed by atoms with Gasteiger partial charge in [0.15, 0.2) is 0 Å². The summed E-state index contributed by atoms with van der Waals surface area (Å²) in [4.78, 5) is 0. The largest absolute Gasteiger partial charge is 0.496 e. The summed E-state index contributed by atoms with van der Waals surface area (Å²) >= 11 is 0. The summed E-state index contributed by atoms with van der Waals surface area (Å²) in [5.74, 6) is 3.94. The third-order valence-corrected chi connectivity index (χ3v) is 4.02. The number of methoxy groups -OCH3 is 1. The van der Waals surface area contributed by atoms with Gasteiger partial charge in [0.05, 0.1) is 7.11 Å². The number of nitrogens with two attached hydrogens (primary N) is 1. The second-order valence-electron chi connectivity index (χ2n) is 5.58. The molecule has 2 rings (SSSR count). The summed E-state index contributed by atoms with van der Waals surface area (Å²) in [7, 11) is 1.63. The Morgan fingerprint density at radius 1 is 1.45 bits per heavy atom. The maximum atomic E-state index is 13.2. The molecular formula is C15H22F2N2O. The summed E-state index contributed by atoms with van der Waals surface area (Å²) in [5, 5.41) is 0. The fraction of sp³-hybridized carbons (Fsp3) is 0.600.